The minimum atomic E-state index is -3.57. The quantitative estimate of drug-likeness (QED) is 0.256. The number of H-pyrrole nitrogens is 1. The zero-order chi connectivity index (χ0) is 29.9. The number of hydrogen-bond donors (Lipinski definition) is 3. The molecule has 3 N–H and O–H groups in total. The van der Waals surface area contributed by atoms with Crippen LogP contribution in [0.5, 0.6) is 0 Å². The van der Waals surface area contributed by atoms with Gasteiger partial charge in [0, 0.05) is 43.2 Å². The summed E-state index contributed by atoms with van der Waals surface area (Å²) in [6.07, 6.45) is 4.26. The highest BCUT2D eigenvalue weighted by atomic mass is 32.2. The van der Waals surface area contributed by atoms with Crippen LogP contribution in [0.2, 0.25) is 0 Å². The molecular formula is C31H46N4O4S. The Hall–Kier alpha value is -3.17. The number of fused-ring (bicyclic) bond motifs is 1. The molecule has 40 heavy (non-hydrogen) atoms. The van der Waals surface area contributed by atoms with Crippen LogP contribution >= 0.6 is 0 Å². The number of aromatic amines is 1. The highest BCUT2D eigenvalue weighted by Gasteiger charge is 2.29. The number of carbonyl (C=O) groups is 2. The molecule has 3 aromatic rings. The summed E-state index contributed by atoms with van der Waals surface area (Å²) < 4.78 is 28.0. The first-order valence-corrected chi connectivity index (χ1v) is 15.4. The molecule has 1 aromatic heterocycles. The normalized spacial score (nSPS) is 13.0. The van der Waals surface area contributed by atoms with Gasteiger partial charge in [-0.05, 0) is 70.2 Å². The van der Waals surface area contributed by atoms with E-state index in [0.717, 1.165) is 18.4 Å². The summed E-state index contributed by atoms with van der Waals surface area (Å²) in [4.78, 5) is 26.4. The van der Waals surface area contributed by atoms with E-state index in [0.29, 0.717) is 24.4 Å². The molecule has 0 unspecified atom stereocenters. The van der Waals surface area contributed by atoms with Gasteiger partial charge in [-0.15, -0.1) is 0 Å². The Morgan fingerprint density at radius 3 is 2.20 bits per heavy atom. The third-order valence-electron chi connectivity index (χ3n) is 6.62. The van der Waals surface area contributed by atoms with Crippen LogP contribution in [0.1, 0.15) is 65.0 Å². The van der Waals surface area contributed by atoms with Crippen LogP contribution in [0.3, 0.4) is 0 Å². The lowest BCUT2D eigenvalue weighted by atomic mass is 10.1. The van der Waals surface area contributed by atoms with Crippen molar-refractivity contribution in [2.45, 2.75) is 84.7 Å². The number of aryl methyl sites for hydroxylation is 2. The van der Waals surface area contributed by atoms with Crippen LogP contribution < -0.4 is 10.6 Å². The van der Waals surface area contributed by atoms with Gasteiger partial charge in [0.05, 0.1) is 4.90 Å². The average molecular weight is 571 g/mol. The minimum Gasteiger partial charge on any atom is -0.361 e. The molecule has 8 nitrogen and oxygen atoms in total. The monoisotopic (exact) mass is 570 g/mol. The number of carbonyl (C=O) groups excluding carboxylic acids is 2. The lowest BCUT2D eigenvalue weighted by Gasteiger charge is -2.30. The molecule has 0 aliphatic carbocycles. The number of amides is 2. The van der Waals surface area contributed by atoms with Crippen molar-refractivity contribution in [3.8, 4) is 0 Å². The van der Waals surface area contributed by atoms with Gasteiger partial charge >= 0.3 is 0 Å². The van der Waals surface area contributed by atoms with E-state index in [1.807, 2.05) is 52.1 Å². The number of rotatable bonds is 12. The highest BCUT2D eigenvalue weighted by molar-refractivity contribution is 7.89. The third kappa shape index (κ3) is 10.1. The molecule has 1 heterocycles. The van der Waals surface area contributed by atoms with Crippen LogP contribution in [-0.4, -0.2) is 54.7 Å². The maximum atomic E-state index is 13.2. The van der Waals surface area contributed by atoms with E-state index in [2.05, 4.69) is 40.7 Å². The van der Waals surface area contributed by atoms with Crippen molar-refractivity contribution in [3.63, 3.8) is 0 Å². The number of aromatic nitrogens is 1. The fraction of sp³-hybridized carbons (Fsp3) is 0.484. The van der Waals surface area contributed by atoms with Crippen LogP contribution in [0.4, 0.5) is 0 Å². The molecule has 2 amide bonds. The maximum absolute atomic E-state index is 13.2. The Labute approximate surface area is 240 Å². The summed E-state index contributed by atoms with van der Waals surface area (Å²) in [6.45, 7) is 14.0. The summed E-state index contributed by atoms with van der Waals surface area (Å²) in [5, 5.41) is 6.67. The Morgan fingerprint density at radius 1 is 0.950 bits per heavy atom. The molecule has 2 aromatic carbocycles. The predicted molar refractivity (Wildman–Crippen MR) is 163 cm³/mol. The summed E-state index contributed by atoms with van der Waals surface area (Å²) >= 11 is 0. The van der Waals surface area contributed by atoms with Crippen molar-refractivity contribution in [1.29, 1.82) is 0 Å². The van der Waals surface area contributed by atoms with E-state index in [4.69, 9.17) is 0 Å². The Kier molecular flexibility index (Phi) is 12.9. The molecule has 0 radical (unpaired) electrons. The molecule has 0 fully saturated rings. The van der Waals surface area contributed by atoms with E-state index >= 15 is 0 Å². The lowest BCUT2D eigenvalue weighted by molar-refractivity contribution is -0.127. The van der Waals surface area contributed by atoms with Gasteiger partial charge in [-0.3, -0.25) is 9.59 Å². The molecule has 0 aliphatic rings. The van der Waals surface area contributed by atoms with Crippen LogP contribution in [0, 0.1) is 19.8 Å². The van der Waals surface area contributed by atoms with E-state index in [9.17, 15) is 18.0 Å². The molecular weight excluding hydrogens is 524 g/mol. The first kappa shape index (κ1) is 33.0. The summed E-state index contributed by atoms with van der Waals surface area (Å²) in [5.74, 6) is -0.254. The van der Waals surface area contributed by atoms with Crippen LogP contribution in [-0.2, 0) is 19.6 Å². The molecule has 0 saturated heterocycles. The topological polar surface area (TPSA) is 111 Å². The molecule has 9 heteroatoms. The number of nitrogens with one attached hydrogen (secondary N) is 3. The smallest absolute Gasteiger partial charge is 0.243 e. The molecule has 2 atom stereocenters. The van der Waals surface area contributed by atoms with Gasteiger partial charge in [0.15, 0.2) is 0 Å². The second kappa shape index (κ2) is 15.6. The fourth-order valence-electron chi connectivity index (χ4n) is 4.38. The van der Waals surface area contributed by atoms with Crippen molar-refractivity contribution in [1.82, 2.24) is 19.9 Å². The zero-order valence-corrected chi connectivity index (χ0v) is 25.8. The van der Waals surface area contributed by atoms with E-state index in [1.54, 1.807) is 23.4 Å². The van der Waals surface area contributed by atoms with Gasteiger partial charge in [0.2, 0.25) is 21.8 Å². The minimum absolute atomic E-state index is 0.146. The van der Waals surface area contributed by atoms with Crippen LogP contribution in [0.25, 0.3) is 10.9 Å². The van der Waals surface area contributed by atoms with Crippen molar-refractivity contribution < 1.29 is 18.0 Å². The second-order valence-corrected chi connectivity index (χ2v) is 12.7. The predicted octanol–water partition coefficient (Wildman–Crippen LogP) is 5.32. The van der Waals surface area contributed by atoms with E-state index < -0.39 is 16.1 Å². The number of nitrogens with zero attached hydrogens (tertiary/aromatic N) is 1. The van der Waals surface area contributed by atoms with Gasteiger partial charge in [0.1, 0.15) is 6.04 Å². The van der Waals surface area contributed by atoms with Crippen molar-refractivity contribution >= 4 is 32.7 Å². The van der Waals surface area contributed by atoms with Crippen LogP contribution in [0.15, 0.2) is 59.6 Å². The fourth-order valence-corrected chi connectivity index (χ4v) is 6.21. The number of para-hydroxylation sites is 1. The summed E-state index contributed by atoms with van der Waals surface area (Å²) in [6, 6.07) is 14.6. The first-order chi connectivity index (χ1) is 18.8. The van der Waals surface area contributed by atoms with Gasteiger partial charge in [-0.2, -0.15) is 4.31 Å². The number of hydrogen-bond acceptors (Lipinski definition) is 4. The van der Waals surface area contributed by atoms with Gasteiger partial charge in [-0.25, -0.2) is 8.42 Å². The van der Waals surface area contributed by atoms with Crippen molar-refractivity contribution in [2.75, 3.05) is 13.1 Å². The second-order valence-electron chi connectivity index (χ2n) is 10.9. The molecule has 0 aliphatic heterocycles. The standard InChI is InChI=1S/C22H37N3O4S.C9H9N/c1-16(2)15-25(30(28,29)21-12-10-17(3)11-13-21)18(4)9-7-8-14-23-22(27)19(5)24-20(6)26;1-7-6-10-9-5-3-2-4-8(7)9/h10-13,16,18-19H,7-9,14-15H2,1-6H3,(H,23,27)(H,24,26);2-6,10H,1H3/t18-,19+;/m1./s1. The molecule has 0 bridgehead atoms. The average Bonchev–Trinajstić information content (AvgIpc) is 3.27. The van der Waals surface area contributed by atoms with E-state index in [1.165, 1.54) is 23.4 Å². The molecule has 220 valence electrons. The first-order valence-electron chi connectivity index (χ1n) is 14.0. The van der Waals surface area contributed by atoms with Gasteiger partial charge < -0.3 is 15.6 Å². The number of benzene rings is 2. The van der Waals surface area contributed by atoms with Crippen molar-refractivity contribution in [2.24, 2.45) is 5.92 Å². The zero-order valence-electron chi connectivity index (χ0n) is 25.0. The number of sulfonamides is 1. The molecule has 3 rings (SSSR count). The Balaban J connectivity index is 0.000000460. The largest absolute Gasteiger partial charge is 0.361 e. The maximum Gasteiger partial charge on any atom is 0.243 e. The van der Waals surface area contributed by atoms with E-state index in [-0.39, 0.29) is 23.8 Å². The Morgan fingerprint density at radius 2 is 1.60 bits per heavy atom. The summed E-state index contributed by atoms with van der Waals surface area (Å²) in [5.41, 5.74) is 3.56. The van der Waals surface area contributed by atoms with Gasteiger partial charge in [0.25, 0.3) is 0 Å². The van der Waals surface area contributed by atoms with Crippen molar-refractivity contribution in [3.05, 3.63) is 65.9 Å². The third-order valence-corrected chi connectivity index (χ3v) is 8.62. The lowest BCUT2D eigenvalue weighted by Crippen LogP contribution is -2.44. The van der Waals surface area contributed by atoms with Gasteiger partial charge in [-0.1, -0.05) is 56.2 Å². The highest BCUT2D eigenvalue weighted by Crippen LogP contribution is 2.22. The SMILES string of the molecule is CC(=O)N[C@@H](C)C(=O)NCCCC[C@@H](C)N(CC(C)C)S(=O)(=O)c1ccc(C)cc1.Cc1c[nH]c2ccccc12. The summed E-state index contributed by atoms with van der Waals surface area (Å²) in [7, 11) is -3.57. The molecule has 0 saturated carbocycles. The molecule has 0 spiro atoms. The Bertz CT molecular complexity index is 1330. The number of unbranched alkanes of at least 4 members (excludes halogenated alkanes) is 1.